The molecular formula is C16H20BrN3O3. The zero-order chi connectivity index (χ0) is 16.7. The van der Waals surface area contributed by atoms with Gasteiger partial charge in [-0.2, -0.15) is 0 Å². The number of aryl methyl sites for hydroxylation is 1. The second kappa shape index (κ2) is 8.79. The Morgan fingerprint density at radius 2 is 2.26 bits per heavy atom. The van der Waals surface area contributed by atoms with Gasteiger partial charge in [-0.3, -0.25) is 14.2 Å². The highest BCUT2D eigenvalue weighted by Crippen LogP contribution is 2.14. The van der Waals surface area contributed by atoms with Crippen molar-refractivity contribution in [1.29, 1.82) is 0 Å². The number of rotatable bonds is 8. The maximum atomic E-state index is 12.4. The standard InChI is InChI=1S/C16H20BrN3O3/c1-2-23-9-3-7-18-15(21)6-8-20-11-19-14-5-4-12(17)10-13(14)16(20)22/h4-5,10-11H,2-3,6-9H2,1H3,(H,18,21). The highest BCUT2D eigenvalue weighted by atomic mass is 79.9. The Labute approximate surface area is 143 Å². The van der Waals surface area contributed by atoms with E-state index in [4.69, 9.17) is 4.74 Å². The van der Waals surface area contributed by atoms with Crippen LogP contribution in [-0.2, 0) is 16.1 Å². The van der Waals surface area contributed by atoms with Gasteiger partial charge in [-0.25, -0.2) is 4.98 Å². The first-order chi connectivity index (χ1) is 11.1. The molecule has 1 amide bonds. The number of carbonyl (C=O) groups is 1. The van der Waals surface area contributed by atoms with Crippen molar-refractivity contribution in [3.05, 3.63) is 39.4 Å². The van der Waals surface area contributed by atoms with E-state index in [1.165, 1.54) is 10.9 Å². The summed E-state index contributed by atoms with van der Waals surface area (Å²) in [5.41, 5.74) is 0.510. The monoisotopic (exact) mass is 381 g/mol. The molecule has 0 unspecified atom stereocenters. The zero-order valence-corrected chi connectivity index (χ0v) is 14.6. The van der Waals surface area contributed by atoms with Crippen LogP contribution in [0.2, 0.25) is 0 Å². The van der Waals surface area contributed by atoms with Gasteiger partial charge in [-0.15, -0.1) is 0 Å². The summed E-state index contributed by atoms with van der Waals surface area (Å²) in [5, 5.41) is 3.36. The van der Waals surface area contributed by atoms with Gasteiger partial charge in [-0.05, 0) is 31.5 Å². The summed E-state index contributed by atoms with van der Waals surface area (Å²) in [7, 11) is 0. The minimum absolute atomic E-state index is 0.0808. The van der Waals surface area contributed by atoms with Crippen molar-refractivity contribution in [3.8, 4) is 0 Å². The minimum Gasteiger partial charge on any atom is -0.382 e. The lowest BCUT2D eigenvalue weighted by atomic mass is 10.2. The number of hydrogen-bond donors (Lipinski definition) is 1. The van der Waals surface area contributed by atoms with Crippen LogP contribution in [0.5, 0.6) is 0 Å². The molecule has 2 rings (SSSR count). The van der Waals surface area contributed by atoms with Crippen molar-refractivity contribution in [2.24, 2.45) is 0 Å². The summed E-state index contributed by atoms with van der Waals surface area (Å²) >= 11 is 3.35. The summed E-state index contributed by atoms with van der Waals surface area (Å²) < 4.78 is 7.50. The number of benzene rings is 1. The fraction of sp³-hybridized carbons (Fsp3) is 0.438. The molecule has 23 heavy (non-hydrogen) atoms. The Balaban J connectivity index is 1.91. The molecule has 0 aliphatic heterocycles. The number of halogens is 1. The molecule has 2 aromatic rings. The average molecular weight is 382 g/mol. The molecule has 124 valence electrons. The molecule has 0 radical (unpaired) electrons. The maximum absolute atomic E-state index is 12.4. The van der Waals surface area contributed by atoms with Crippen molar-refractivity contribution in [2.75, 3.05) is 19.8 Å². The quantitative estimate of drug-likeness (QED) is 0.710. The summed E-state index contributed by atoms with van der Waals surface area (Å²) in [6.07, 6.45) is 2.52. The Kier molecular flexibility index (Phi) is 6.73. The van der Waals surface area contributed by atoms with E-state index >= 15 is 0 Å². The minimum atomic E-state index is -0.138. The molecule has 6 nitrogen and oxygen atoms in total. The number of amides is 1. The molecule has 0 aliphatic carbocycles. The van der Waals surface area contributed by atoms with Crippen molar-refractivity contribution in [1.82, 2.24) is 14.9 Å². The lowest BCUT2D eigenvalue weighted by Crippen LogP contribution is -2.28. The predicted molar refractivity (Wildman–Crippen MR) is 92.4 cm³/mol. The Morgan fingerprint density at radius 3 is 3.04 bits per heavy atom. The third-order valence-corrected chi connectivity index (χ3v) is 3.85. The van der Waals surface area contributed by atoms with Crippen molar-refractivity contribution in [2.45, 2.75) is 26.3 Å². The van der Waals surface area contributed by atoms with Crippen LogP contribution in [0.1, 0.15) is 19.8 Å². The molecule has 0 saturated carbocycles. The molecule has 0 bridgehead atoms. The molecule has 1 aromatic heterocycles. The van der Waals surface area contributed by atoms with E-state index in [-0.39, 0.29) is 17.9 Å². The smallest absolute Gasteiger partial charge is 0.261 e. The highest BCUT2D eigenvalue weighted by molar-refractivity contribution is 9.10. The summed E-state index contributed by atoms with van der Waals surface area (Å²) in [6.45, 7) is 4.15. The van der Waals surface area contributed by atoms with E-state index in [1.807, 2.05) is 13.0 Å². The van der Waals surface area contributed by atoms with Crippen molar-refractivity contribution in [3.63, 3.8) is 0 Å². The molecule has 0 fully saturated rings. The SMILES string of the molecule is CCOCCCNC(=O)CCn1cnc2ccc(Br)cc2c1=O. The number of fused-ring (bicyclic) bond motifs is 1. The van der Waals surface area contributed by atoms with Gasteiger partial charge in [0.1, 0.15) is 0 Å². The summed E-state index contributed by atoms with van der Waals surface area (Å²) in [6, 6.07) is 5.38. The van der Waals surface area contributed by atoms with Gasteiger partial charge in [0.15, 0.2) is 0 Å². The van der Waals surface area contributed by atoms with Crippen LogP contribution in [0.4, 0.5) is 0 Å². The number of nitrogens with one attached hydrogen (secondary N) is 1. The molecule has 1 N–H and O–H groups in total. The van der Waals surface area contributed by atoms with E-state index in [9.17, 15) is 9.59 Å². The molecule has 0 saturated heterocycles. The van der Waals surface area contributed by atoms with E-state index in [0.29, 0.717) is 37.2 Å². The van der Waals surface area contributed by atoms with Crippen LogP contribution in [0, 0.1) is 0 Å². The fourth-order valence-corrected chi connectivity index (χ4v) is 2.51. The second-order valence-corrected chi connectivity index (χ2v) is 5.97. The molecule has 0 spiro atoms. The number of aromatic nitrogens is 2. The van der Waals surface area contributed by atoms with Crippen LogP contribution < -0.4 is 10.9 Å². The largest absolute Gasteiger partial charge is 0.382 e. The number of hydrogen-bond acceptors (Lipinski definition) is 4. The molecule has 1 heterocycles. The van der Waals surface area contributed by atoms with Gasteiger partial charge in [0.25, 0.3) is 5.56 Å². The third kappa shape index (κ3) is 5.14. The Hall–Kier alpha value is -1.73. The third-order valence-electron chi connectivity index (χ3n) is 3.36. The number of ether oxygens (including phenoxy) is 1. The van der Waals surface area contributed by atoms with Crippen LogP contribution in [0.3, 0.4) is 0 Å². The van der Waals surface area contributed by atoms with E-state index in [2.05, 4.69) is 26.2 Å². The van der Waals surface area contributed by atoms with E-state index < -0.39 is 0 Å². The Bertz CT molecular complexity index is 730. The molecule has 1 aromatic carbocycles. The highest BCUT2D eigenvalue weighted by Gasteiger charge is 2.07. The summed E-state index contributed by atoms with van der Waals surface area (Å²) in [4.78, 5) is 28.4. The fourth-order valence-electron chi connectivity index (χ4n) is 2.15. The number of nitrogens with zero attached hydrogens (tertiary/aromatic N) is 2. The lowest BCUT2D eigenvalue weighted by Gasteiger charge is -2.08. The van der Waals surface area contributed by atoms with Crippen LogP contribution in [0.25, 0.3) is 10.9 Å². The first kappa shape index (κ1) is 17.6. The predicted octanol–water partition coefficient (Wildman–Crippen LogP) is 2.09. The second-order valence-electron chi connectivity index (χ2n) is 5.06. The Morgan fingerprint density at radius 1 is 1.43 bits per heavy atom. The molecule has 0 atom stereocenters. The van der Waals surface area contributed by atoms with Crippen molar-refractivity contribution >= 4 is 32.7 Å². The first-order valence-corrected chi connectivity index (χ1v) is 8.40. The van der Waals surface area contributed by atoms with Gasteiger partial charge in [0.2, 0.25) is 5.91 Å². The maximum Gasteiger partial charge on any atom is 0.261 e. The summed E-state index contributed by atoms with van der Waals surface area (Å²) in [5.74, 6) is -0.0808. The van der Waals surface area contributed by atoms with Gasteiger partial charge in [-0.1, -0.05) is 15.9 Å². The van der Waals surface area contributed by atoms with Gasteiger partial charge in [0.05, 0.1) is 17.2 Å². The normalized spacial score (nSPS) is 10.9. The molecule has 0 aliphatic rings. The molecule has 7 heteroatoms. The first-order valence-electron chi connectivity index (χ1n) is 7.61. The number of carbonyl (C=O) groups excluding carboxylic acids is 1. The van der Waals surface area contributed by atoms with Crippen LogP contribution in [-0.4, -0.2) is 35.2 Å². The van der Waals surface area contributed by atoms with Gasteiger partial charge < -0.3 is 10.1 Å². The van der Waals surface area contributed by atoms with E-state index in [1.54, 1.807) is 12.1 Å². The van der Waals surface area contributed by atoms with E-state index in [0.717, 1.165) is 10.9 Å². The van der Waals surface area contributed by atoms with Gasteiger partial charge in [0, 0.05) is 37.2 Å². The van der Waals surface area contributed by atoms with Gasteiger partial charge >= 0.3 is 0 Å². The topological polar surface area (TPSA) is 73.2 Å². The zero-order valence-electron chi connectivity index (χ0n) is 13.0. The van der Waals surface area contributed by atoms with Crippen molar-refractivity contribution < 1.29 is 9.53 Å². The average Bonchev–Trinajstić information content (AvgIpc) is 2.54. The van der Waals surface area contributed by atoms with Crippen LogP contribution >= 0.6 is 15.9 Å². The lowest BCUT2D eigenvalue weighted by molar-refractivity contribution is -0.121. The van der Waals surface area contributed by atoms with Crippen LogP contribution in [0.15, 0.2) is 33.8 Å². The molecular weight excluding hydrogens is 362 g/mol.